The molecule has 0 spiro atoms. The van der Waals surface area contributed by atoms with Gasteiger partial charge in [0.05, 0.1) is 12.3 Å². The lowest BCUT2D eigenvalue weighted by molar-refractivity contribution is -0.147. The Morgan fingerprint density at radius 2 is 2.09 bits per heavy atom. The maximum Gasteiger partial charge on any atom is 0.253 e. The number of amides is 1. The van der Waals surface area contributed by atoms with E-state index in [0.29, 0.717) is 13.2 Å². The highest BCUT2D eigenvalue weighted by Gasteiger charge is 2.29. The fourth-order valence-electron chi connectivity index (χ4n) is 2.78. The highest BCUT2D eigenvalue weighted by molar-refractivity contribution is 5.85. The van der Waals surface area contributed by atoms with Crippen LogP contribution in [-0.2, 0) is 16.1 Å². The first-order chi connectivity index (χ1) is 10.2. The van der Waals surface area contributed by atoms with Crippen LogP contribution < -0.4 is 5.32 Å². The normalized spacial score (nSPS) is 22.1. The summed E-state index contributed by atoms with van der Waals surface area (Å²) in [4.78, 5) is 16.5. The van der Waals surface area contributed by atoms with Crippen molar-refractivity contribution in [2.24, 2.45) is 0 Å². The number of carbonyl (C=O) groups excluding carboxylic acids is 1. The van der Waals surface area contributed by atoms with E-state index in [1.54, 1.807) is 0 Å². The Hall–Kier alpha value is -0.860. The van der Waals surface area contributed by atoms with E-state index in [1.807, 2.05) is 17.9 Å². The van der Waals surface area contributed by atoms with Crippen molar-refractivity contribution in [1.29, 1.82) is 0 Å². The fourth-order valence-corrected chi connectivity index (χ4v) is 2.78. The zero-order chi connectivity index (χ0) is 14.7. The SMILES string of the molecule is Cc1cc(CN2CCN(C(=O)C3CNCCO3)CC2)no1.Cl.Cl. The van der Waals surface area contributed by atoms with E-state index in [4.69, 9.17) is 9.26 Å². The average Bonchev–Trinajstić information content (AvgIpc) is 2.93. The summed E-state index contributed by atoms with van der Waals surface area (Å²) < 4.78 is 10.6. The molecule has 132 valence electrons. The minimum absolute atomic E-state index is 0. The second kappa shape index (κ2) is 9.44. The molecule has 2 aliphatic heterocycles. The molecule has 23 heavy (non-hydrogen) atoms. The lowest BCUT2D eigenvalue weighted by atomic mass is 10.2. The number of aryl methyl sites for hydroxylation is 1. The van der Waals surface area contributed by atoms with Crippen LogP contribution in [0.4, 0.5) is 0 Å². The number of hydrogen-bond acceptors (Lipinski definition) is 6. The third kappa shape index (κ3) is 5.32. The van der Waals surface area contributed by atoms with Crippen LogP contribution in [-0.4, -0.2) is 72.8 Å². The smallest absolute Gasteiger partial charge is 0.253 e. The first-order valence-electron chi connectivity index (χ1n) is 7.48. The van der Waals surface area contributed by atoms with Gasteiger partial charge >= 0.3 is 0 Å². The van der Waals surface area contributed by atoms with Crippen LogP contribution in [0.1, 0.15) is 11.5 Å². The van der Waals surface area contributed by atoms with Gasteiger partial charge in [0, 0.05) is 51.9 Å². The van der Waals surface area contributed by atoms with Crippen molar-refractivity contribution in [1.82, 2.24) is 20.3 Å². The molecule has 0 aliphatic carbocycles. The highest BCUT2D eigenvalue weighted by Crippen LogP contribution is 2.11. The maximum atomic E-state index is 12.3. The van der Waals surface area contributed by atoms with Crippen LogP contribution in [0.2, 0.25) is 0 Å². The van der Waals surface area contributed by atoms with Crippen molar-refractivity contribution in [2.75, 3.05) is 45.9 Å². The fraction of sp³-hybridized carbons (Fsp3) is 0.714. The number of hydrogen-bond donors (Lipinski definition) is 1. The summed E-state index contributed by atoms with van der Waals surface area (Å²) >= 11 is 0. The Balaban J connectivity index is 0.00000132. The molecule has 3 heterocycles. The zero-order valence-electron chi connectivity index (χ0n) is 13.2. The summed E-state index contributed by atoms with van der Waals surface area (Å²) in [5, 5.41) is 7.21. The van der Waals surface area contributed by atoms with Crippen molar-refractivity contribution in [3.63, 3.8) is 0 Å². The van der Waals surface area contributed by atoms with Crippen molar-refractivity contribution in [3.8, 4) is 0 Å². The van der Waals surface area contributed by atoms with E-state index in [2.05, 4.69) is 15.4 Å². The topological polar surface area (TPSA) is 70.8 Å². The second-order valence-corrected chi connectivity index (χ2v) is 5.59. The van der Waals surface area contributed by atoms with Gasteiger partial charge in [0.25, 0.3) is 5.91 Å². The standard InChI is InChI=1S/C14H22N4O3.2ClH/c1-11-8-12(16-21-11)10-17-3-5-18(6-4-17)14(19)13-9-15-2-7-20-13;;/h8,13,15H,2-7,9-10H2,1H3;2*1H. The molecule has 2 saturated heterocycles. The second-order valence-electron chi connectivity index (χ2n) is 5.59. The molecule has 7 nitrogen and oxygen atoms in total. The van der Waals surface area contributed by atoms with Crippen LogP contribution in [0.25, 0.3) is 0 Å². The summed E-state index contributed by atoms with van der Waals surface area (Å²) in [6.45, 7) is 7.95. The van der Waals surface area contributed by atoms with Crippen molar-refractivity contribution < 1.29 is 14.1 Å². The third-order valence-electron chi connectivity index (χ3n) is 3.95. The van der Waals surface area contributed by atoms with Crippen LogP contribution >= 0.6 is 24.8 Å². The largest absolute Gasteiger partial charge is 0.366 e. The Morgan fingerprint density at radius 3 is 2.65 bits per heavy atom. The van der Waals surface area contributed by atoms with E-state index in [9.17, 15) is 4.79 Å². The number of nitrogens with one attached hydrogen (secondary N) is 1. The number of carbonyl (C=O) groups is 1. The molecule has 2 aliphatic rings. The van der Waals surface area contributed by atoms with E-state index < -0.39 is 0 Å². The van der Waals surface area contributed by atoms with Gasteiger partial charge in [-0.3, -0.25) is 9.69 Å². The number of nitrogens with zero attached hydrogens (tertiary/aromatic N) is 3. The van der Waals surface area contributed by atoms with Gasteiger partial charge in [0.1, 0.15) is 11.9 Å². The predicted octanol–water partition coefficient (Wildman–Crippen LogP) is 0.459. The van der Waals surface area contributed by atoms with Gasteiger partial charge in [-0.2, -0.15) is 0 Å². The van der Waals surface area contributed by atoms with Crippen LogP contribution in [0.3, 0.4) is 0 Å². The van der Waals surface area contributed by atoms with Gasteiger partial charge in [-0.25, -0.2) is 0 Å². The molecule has 9 heteroatoms. The van der Waals surface area contributed by atoms with Crippen LogP contribution in [0.5, 0.6) is 0 Å². The molecule has 0 aromatic carbocycles. The van der Waals surface area contributed by atoms with Crippen molar-refractivity contribution in [2.45, 2.75) is 19.6 Å². The van der Waals surface area contributed by atoms with Gasteiger partial charge in [0.15, 0.2) is 0 Å². The molecule has 1 atom stereocenters. The zero-order valence-corrected chi connectivity index (χ0v) is 14.8. The molecule has 1 amide bonds. The quantitative estimate of drug-likeness (QED) is 0.837. The summed E-state index contributed by atoms with van der Waals surface area (Å²) in [6.07, 6.45) is -0.316. The molecular formula is C14H24Cl2N4O3. The monoisotopic (exact) mass is 366 g/mol. The molecule has 1 unspecified atom stereocenters. The van der Waals surface area contributed by atoms with Gasteiger partial charge in [-0.1, -0.05) is 5.16 Å². The lowest BCUT2D eigenvalue weighted by Gasteiger charge is -2.36. The Labute approximate surface area is 148 Å². The van der Waals surface area contributed by atoms with Gasteiger partial charge in [0.2, 0.25) is 0 Å². The number of halogens is 2. The van der Waals surface area contributed by atoms with Crippen LogP contribution in [0.15, 0.2) is 10.6 Å². The van der Waals surface area contributed by atoms with Gasteiger partial charge in [-0.05, 0) is 6.92 Å². The number of morpholine rings is 1. The Morgan fingerprint density at radius 1 is 1.35 bits per heavy atom. The molecule has 3 rings (SSSR count). The van der Waals surface area contributed by atoms with Gasteiger partial charge in [-0.15, -0.1) is 24.8 Å². The number of aromatic nitrogens is 1. The lowest BCUT2D eigenvalue weighted by Crippen LogP contribution is -2.54. The van der Waals surface area contributed by atoms with Crippen LogP contribution in [0, 0.1) is 6.92 Å². The van der Waals surface area contributed by atoms with E-state index in [-0.39, 0.29) is 36.8 Å². The number of rotatable bonds is 3. The minimum Gasteiger partial charge on any atom is -0.366 e. The first kappa shape index (κ1) is 20.2. The van der Waals surface area contributed by atoms with E-state index in [0.717, 1.165) is 50.7 Å². The summed E-state index contributed by atoms with van der Waals surface area (Å²) in [6, 6.07) is 1.96. The molecule has 2 fully saturated rings. The summed E-state index contributed by atoms with van der Waals surface area (Å²) in [5.74, 6) is 0.944. The summed E-state index contributed by atoms with van der Waals surface area (Å²) in [7, 11) is 0. The first-order valence-corrected chi connectivity index (χ1v) is 7.48. The number of ether oxygens (including phenoxy) is 1. The molecule has 0 bridgehead atoms. The molecule has 0 radical (unpaired) electrons. The minimum atomic E-state index is -0.316. The average molecular weight is 367 g/mol. The van der Waals surface area contributed by atoms with Crippen molar-refractivity contribution >= 4 is 30.7 Å². The predicted molar refractivity (Wildman–Crippen MR) is 90.2 cm³/mol. The molecule has 0 saturated carbocycles. The van der Waals surface area contributed by atoms with E-state index in [1.165, 1.54) is 0 Å². The third-order valence-corrected chi connectivity index (χ3v) is 3.95. The molecule has 1 N–H and O–H groups in total. The van der Waals surface area contributed by atoms with Gasteiger partial charge < -0.3 is 19.5 Å². The van der Waals surface area contributed by atoms with Crippen molar-refractivity contribution in [3.05, 3.63) is 17.5 Å². The molecule has 1 aromatic rings. The molecule has 1 aromatic heterocycles. The molecular weight excluding hydrogens is 343 g/mol. The Bertz CT molecular complexity index is 486. The van der Waals surface area contributed by atoms with E-state index >= 15 is 0 Å². The highest BCUT2D eigenvalue weighted by atomic mass is 35.5. The maximum absolute atomic E-state index is 12.3. The number of piperazine rings is 1. The Kier molecular flexibility index (Phi) is 8.28. The summed E-state index contributed by atoms with van der Waals surface area (Å²) in [5.41, 5.74) is 0.951.